The minimum absolute atomic E-state index is 0.167. The molecule has 101 heavy (non-hydrogen) atoms. The largest absolute Gasteiger partial charge is 0.370 e. The Balaban J connectivity index is 0.604. The molecule has 11 aliphatic carbocycles. The summed E-state index contributed by atoms with van der Waals surface area (Å²) in [5, 5.41) is 37.1. The Bertz CT molecular complexity index is 3120. The molecule has 11 rings (SSSR count). The fourth-order valence-electron chi connectivity index (χ4n) is 20.0. The summed E-state index contributed by atoms with van der Waals surface area (Å²) in [7, 11) is 0. The van der Waals surface area contributed by atoms with E-state index in [4.69, 9.17) is 11.5 Å². The van der Waals surface area contributed by atoms with Crippen LogP contribution in [0.15, 0.2) is 0 Å². The summed E-state index contributed by atoms with van der Waals surface area (Å²) in [4.78, 5) is 189. The van der Waals surface area contributed by atoms with Gasteiger partial charge in [-0.3, -0.25) is 67.1 Å². The minimum Gasteiger partial charge on any atom is -0.370 e. The van der Waals surface area contributed by atoms with Crippen LogP contribution in [0.3, 0.4) is 0 Å². The number of nitrogens with one attached hydrogen (secondary N) is 12. The number of carbonyl (C=O) groups is 14. The number of hydrogen-bond acceptors (Lipinski definition) is 14. The van der Waals surface area contributed by atoms with Gasteiger partial charge in [-0.05, 0) is 141 Å². The molecule has 28 heteroatoms. The van der Waals surface area contributed by atoms with Gasteiger partial charge in [0, 0.05) is 92.3 Å². The first-order valence-electron chi connectivity index (χ1n) is 38.7. The van der Waals surface area contributed by atoms with Gasteiger partial charge in [-0.25, -0.2) is 0 Å². The lowest BCUT2D eigenvalue weighted by molar-refractivity contribution is -0.133. The first kappa shape index (κ1) is 74.8. The molecule has 558 valence electrons. The number of carbonyl (C=O) groups excluding carboxylic acids is 14. The van der Waals surface area contributed by atoms with Crippen molar-refractivity contribution in [2.75, 3.05) is 0 Å². The van der Waals surface area contributed by atoms with Gasteiger partial charge in [-0.1, -0.05) is 70.6 Å². The third kappa shape index (κ3) is 18.5. The molecule has 0 radical (unpaired) electrons. The number of nitrogens with two attached hydrogens (primary N) is 2. The minimum atomic E-state index is -0.935. The summed E-state index contributed by atoms with van der Waals surface area (Å²) in [6, 6.07) is -5.44. The van der Waals surface area contributed by atoms with Gasteiger partial charge in [-0.15, -0.1) is 0 Å². The molecule has 11 fully saturated rings. The average Bonchev–Trinajstić information content (AvgIpc) is 1.71. The van der Waals surface area contributed by atoms with Crippen LogP contribution in [-0.2, 0) is 67.1 Å². The van der Waals surface area contributed by atoms with Crippen LogP contribution < -0.4 is 75.3 Å². The van der Waals surface area contributed by atoms with Crippen LogP contribution in [0.25, 0.3) is 0 Å². The molecule has 0 unspecified atom stereocenters. The first-order valence-corrected chi connectivity index (χ1v) is 38.7. The maximum Gasteiger partial charge on any atom is 0.225 e. The van der Waals surface area contributed by atoms with Crippen LogP contribution >= 0.6 is 0 Å². The van der Waals surface area contributed by atoms with E-state index in [0.717, 1.165) is 44.9 Å². The van der Waals surface area contributed by atoms with Gasteiger partial charge in [-0.2, -0.15) is 0 Å². The molecule has 0 aromatic rings. The fraction of sp³-hybridized carbons (Fsp3) is 0.808. The van der Waals surface area contributed by atoms with Crippen molar-refractivity contribution in [2.45, 2.75) is 304 Å². The van der Waals surface area contributed by atoms with Crippen LogP contribution in [0, 0.1) is 65.1 Å². The molecule has 0 aromatic heterocycles. The standard InChI is InChI=1S/C73H112N14O14/c1-37(88)76-51-25-3-14-40(51)65(93)80-53-27-5-16-42(53)64(92)77-38(35-61(74)89)36-62(90)78-52-26-4-15-41(52)66(94)81-55-29-7-18-44(55)68(96)83-57-31-9-20-46(57)70(98)85-59-33-11-22-48(59)72(100)87-60-34-12-23-49(60)73(101)86-58-32-10-21-47(58)71(99)84-56-30-8-19-45(56)69(97)82-54-28-6-17-43(54)67(95)79-50-24-2-13-39(50)63(75)91/h38-60H,2-36H2,1H3,(H2,74,89)(H2,75,91)(H,76,88)(H,77,92)(H,78,90)(H,79,95)(H,80,93)(H,81,94)(H,82,97)(H,83,96)(H,84,99)(H,85,98)(H,86,101)(H,87,100)/t38-,39-,40-,41-,42-,43-,44-,45-,46-,47-,48-,49-,50-,51-,52-,53-,54-,55-,56-,57-,58-,59-,60-/m0/s1. The van der Waals surface area contributed by atoms with E-state index in [2.05, 4.69) is 63.8 Å². The molecule has 0 aromatic carbocycles. The second kappa shape index (κ2) is 34.2. The maximum atomic E-state index is 14.2. The monoisotopic (exact) mass is 1410 g/mol. The van der Waals surface area contributed by atoms with Crippen molar-refractivity contribution < 1.29 is 67.1 Å². The highest BCUT2D eigenvalue weighted by molar-refractivity contribution is 5.90. The summed E-state index contributed by atoms with van der Waals surface area (Å²) >= 11 is 0. The lowest BCUT2D eigenvalue weighted by Gasteiger charge is -2.29. The van der Waals surface area contributed by atoms with Crippen LogP contribution in [0.5, 0.6) is 0 Å². The molecule has 23 atom stereocenters. The van der Waals surface area contributed by atoms with Gasteiger partial charge in [0.15, 0.2) is 0 Å². The van der Waals surface area contributed by atoms with Crippen LogP contribution in [0.4, 0.5) is 0 Å². The normalized spacial score (nSPS) is 35.9. The molecular formula is C73H112N14O14. The Hall–Kier alpha value is -7.42. The molecule has 0 spiro atoms. The van der Waals surface area contributed by atoms with Gasteiger partial charge < -0.3 is 75.3 Å². The average molecular weight is 1410 g/mol. The highest BCUT2D eigenvalue weighted by Gasteiger charge is 2.48. The number of hydrogen-bond donors (Lipinski definition) is 14. The van der Waals surface area contributed by atoms with Crippen LogP contribution in [-0.4, -0.2) is 155 Å². The lowest BCUT2D eigenvalue weighted by atomic mass is 9.95. The van der Waals surface area contributed by atoms with E-state index in [-0.39, 0.29) is 96.1 Å². The van der Waals surface area contributed by atoms with Crippen molar-refractivity contribution in [2.24, 2.45) is 76.6 Å². The van der Waals surface area contributed by atoms with Crippen molar-refractivity contribution in [3.63, 3.8) is 0 Å². The van der Waals surface area contributed by atoms with Crippen molar-refractivity contribution in [3.05, 3.63) is 0 Å². The summed E-state index contributed by atoms with van der Waals surface area (Å²) in [5.74, 6) is -9.59. The Morgan fingerprint density at radius 1 is 0.248 bits per heavy atom. The Morgan fingerprint density at radius 3 is 0.644 bits per heavy atom. The molecule has 28 nitrogen and oxygen atoms in total. The van der Waals surface area contributed by atoms with Crippen molar-refractivity contribution in [1.82, 2.24) is 63.8 Å². The van der Waals surface area contributed by atoms with E-state index in [1.54, 1.807) is 0 Å². The molecule has 0 bridgehead atoms. The van der Waals surface area contributed by atoms with E-state index in [0.29, 0.717) is 167 Å². The topological polar surface area (TPSA) is 435 Å². The molecule has 0 aliphatic heterocycles. The molecule has 16 N–H and O–H groups in total. The Labute approximate surface area is 591 Å². The zero-order chi connectivity index (χ0) is 71.6. The Kier molecular flexibility index (Phi) is 25.3. The summed E-state index contributed by atoms with van der Waals surface area (Å²) in [6.45, 7) is 1.42. The fourth-order valence-corrected chi connectivity index (χ4v) is 20.0. The van der Waals surface area contributed by atoms with Gasteiger partial charge in [0.25, 0.3) is 0 Å². The summed E-state index contributed by atoms with van der Waals surface area (Å²) in [5.41, 5.74) is 11.2. The van der Waals surface area contributed by atoms with E-state index in [9.17, 15) is 67.1 Å². The quantitative estimate of drug-likeness (QED) is 0.0553. The zero-order valence-corrected chi connectivity index (χ0v) is 58.9. The van der Waals surface area contributed by atoms with E-state index < -0.39 is 137 Å². The molecule has 14 amide bonds. The molecule has 0 heterocycles. The van der Waals surface area contributed by atoms with E-state index in [1.807, 2.05) is 0 Å². The van der Waals surface area contributed by atoms with E-state index in [1.165, 1.54) is 6.92 Å². The number of rotatable bonds is 27. The second-order valence-electron chi connectivity index (χ2n) is 31.9. The highest BCUT2D eigenvalue weighted by atomic mass is 16.2. The predicted octanol–water partition coefficient (Wildman–Crippen LogP) is 1.38. The van der Waals surface area contributed by atoms with Crippen molar-refractivity contribution >= 4 is 82.7 Å². The van der Waals surface area contributed by atoms with Gasteiger partial charge >= 0.3 is 0 Å². The van der Waals surface area contributed by atoms with Crippen molar-refractivity contribution in [1.29, 1.82) is 0 Å². The predicted molar refractivity (Wildman–Crippen MR) is 367 cm³/mol. The van der Waals surface area contributed by atoms with Crippen molar-refractivity contribution in [3.8, 4) is 0 Å². The summed E-state index contributed by atoms with van der Waals surface area (Å²) < 4.78 is 0. The van der Waals surface area contributed by atoms with E-state index >= 15 is 0 Å². The van der Waals surface area contributed by atoms with Gasteiger partial charge in [0.1, 0.15) is 0 Å². The van der Waals surface area contributed by atoms with Gasteiger partial charge in [0.2, 0.25) is 82.7 Å². The molecule has 11 aliphatic rings. The Morgan fingerprint density at radius 2 is 0.436 bits per heavy atom. The van der Waals surface area contributed by atoms with Gasteiger partial charge in [0.05, 0.1) is 65.1 Å². The zero-order valence-electron chi connectivity index (χ0n) is 58.9. The SMILES string of the molecule is CC(=O)N[C@H]1CCC[C@@H]1C(=O)N[C@H]1CCC[C@@H]1C(=O)N[C@@H](CC(N)=O)CC(=O)N[C@H]1CCC[C@@H]1C(=O)N[C@H]1CCC[C@@H]1C(=O)N[C@H]1CCC[C@@H]1C(=O)N[C@H]1CCC[C@@H]1C(=O)N[C@H]1CCC[C@@H]1C(=O)N[C@H]1CCC[C@@H]1C(=O)N[C@H]1CCC[C@@H]1C(=O)N[C@H]1CCC[C@@H]1C(=O)N[C@H]1CCC[C@@H]1C(N)=O. The highest BCUT2D eigenvalue weighted by Crippen LogP contribution is 2.38. The maximum absolute atomic E-state index is 14.2. The molecular weight excluding hydrogens is 1300 g/mol. The number of amides is 14. The van der Waals surface area contributed by atoms with Crippen LogP contribution in [0.1, 0.15) is 232 Å². The second-order valence-corrected chi connectivity index (χ2v) is 31.9. The summed E-state index contributed by atoms with van der Waals surface area (Å²) in [6.07, 6.45) is 20.6. The first-order chi connectivity index (χ1) is 48.6. The molecule has 11 saturated carbocycles. The third-order valence-electron chi connectivity index (χ3n) is 25.3. The third-order valence-corrected chi connectivity index (χ3v) is 25.3. The molecule has 0 saturated heterocycles. The smallest absolute Gasteiger partial charge is 0.225 e. The van der Waals surface area contributed by atoms with Crippen LogP contribution in [0.2, 0.25) is 0 Å². The lowest BCUT2D eigenvalue weighted by Crippen LogP contribution is -2.54. The number of primary amides is 2.